The minimum absolute atomic E-state index is 0.0309. The molecular weight excluding hydrogens is 444 g/mol. The molecular formula is C21H20N8O3S. The van der Waals surface area contributed by atoms with Gasteiger partial charge in [-0.25, -0.2) is 10.1 Å². The molecule has 0 bridgehead atoms. The van der Waals surface area contributed by atoms with E-state index >= 15 is 0 Å². The molecule has 0 fully saturated rings. The average Bonchev–Trinajstić information content (AvgIpc) is 3.45. The highest BCUT2D eigenvalue weighted by atomic mass is 32.2. The lowest BCUT2D eigenvalue weighted by atomic mass is 10.2. The van der Waals surface area contributed by atoms with Crippen molar-refractivity contribution < 1.29 is 14.2 Å². The number of thioether (sulfide) groups is 1. The van der Waals surface area contributed by atoms with E-state index in [0.717, 1.165) is 10.5 Å². The SMILES string of the molecule is CCOc1ccccc1/C=N/NC(=O)c1nnn(-c2nonc2N)c1CSc1ccccc1. The molecule has 0 atom stereocenters. The molecule has 0 radical (unpaired) electrons. The lowest BCUT2D eigenvalue weighted by Gasteiger charge is -2.06. The number of hydrogen-bond acceptors (Lipinski definition) is 10. The third-order valence-electron chi connectivity index (χ3n) is 4.38. The fourth-order valence-corrected chi connectivity index (χ4v) is 3.78. The molecule has 0 aliphatic carbocycles. The number of hydrazone groups is 1. The van der Waals surface area contributed by atoms with E-state index in [4.69, 9.17) is 10.5 Å². The first kappa shape index (κ1) is 22.0. The molecule has 0 unspecified atom stereocenters. The van der Waals surface area contributed by atoms with E-state index in [2.05, 4.69) is 35.8 Å². The highest BCUT2D eigenvalue weighted by molar-refractivity contribution is 7.98. The van der Waals surface area contributed by atoms with Gasteiger partial charge < -0.3 is 10.5 Å². The highest BCUT2D eigenvalue weighted by Crippen LogP contribution is 2.25. The van der Waals surface area contributed by atoms with Gasteiger partial charge in [-0.1, -0.05) is 35.5 Å². The summed E-state index contributed by atoms with van der Waals surface area (Å²) in [6.07, 6.45) is 1.51. The first-order valence-electron chi connectivity index (χ1n) is 9.93. The number of rotatable bonds is 9. The van der Waals surface area contributed by atoms with Gasteiger partial charge in [0.1, 0.15) is 5.75 Å². The molecule has 1 amide bonds. The third-order valence-corrected chi connectivity index (χ3v) is 5.41. The minimum Gasteiger partial charge on any atom is -0.493 e. The van der Waals surface area contributed by atoms with Crippen LogP contribution >= 0.6 is 11.8 Å². The molecule has 0 saturated heterocycles. The number of aromatic nitrogens is 5. The summed E-state index contributed by atoms with van der Waals surface area (Å²) in [7, 11) is 0. The number of anilines is 1. The van der Waals surface area contributed by atoms with E-state index in [9.17, 15) is 4.79 Å². The van der Waals surface area contributed by atoms with E-state index in [0.29, 0.717) is 23.8 Å². The molecule has 33 heavy (non-hydrogen) atoms. The van der Waals surface area contributed by atoms with Crippen molar-refractivity contribution in [3.05, 3.63) is 71.5 Å². The summed E-state index contributed by atoms with van der Waals surface area (Å²) in [6.45, 7) is 2.41. The first-order valence-corrected chi connectivity index (χ1v) is 10.9. The van der Waals surface area contributed by atoms with Crippen LogP contribution in [0.25, 0.3) is 5.82 Å². The molecule has 11 nitrogen and oxygen atoms in total. The van der Waals surface area contributed by atoms with Gasteiger partial charge in [-0.2, -0.15) is 9.78 Å². The first-order chi connectivity index (χ1) is 16.2. The van der Waals surface area contributed by atoms with Crippen molar-refractivity contribution in [2.75, 3.05) is 12.3 Å². The number of para-hydroxylation sites is 1. The summed E-state index contributed by atoms with van der Waals surface area (Å²) in [5, 5.41) is 19.4. The summed E-state index contributed by atoms with van der Waals surface area (Å²) in [4.78, 5) is 13.9. The number of amides is 1. The Morgan fingerprint density at radius 2 is 2.00 bits per heavy atom. The Morgan fingerprint density at radius 1 is 1.21 bits per heavy atom. The van der Waals surface area contributed by atoms with Crippen molar-refractivity contribution in [3.63, 3.8) is 0 Å². The number of nitrogens with zero attached hydrogens (tertiary/aromatic N) is 6. The predicted octanol–water partition coefficient (Wildman–Crippen LogP) is 2.69. The number of nitrogens with two attached hydrogens (primary N) is 1. The Labute approximate surface area is 193 Å². The minimum atomic E-state index is -0.537. The number of hydrogen-bond donors (Lipinski definition) is 2. The zero-order chi connectivity index (χ0) is 23.0. The molecule has 0 aliphatic heterocycles. The van der Waals surface area contributed by atoms with Gasteiger partial charge in [-0.3, -0.25) is 4.79 Å². The van der Waals surface area contributed by atoms with Crippen molar-refractivity contribution >= 4 is 29.7 Å². The summed E-state index contributed by atoms with van der Waals surface area (Å²) in [5.74, 6) is 0.675. The molecule has 0 aliphatic rings. The van der Waals surface area contributed by atoms with Gasteiger partial charge in [0.15, 0.2) is 5.69 Å². The van der Waals surface area contributed by atoms with E-state index in [1.165, 1.54) is 22.7 Å². The van der Waals surface area contributed by atoms with Crippen LogP contribution in [-0.4, -0.2) is 44.0 Å². The van der Waals surface area contributed by atoms with Crippen molar-refractivity contribution in [2.45, 2.75) is 17.6 Å². The van der Waals surface area contributed by atoms with Crippen molar-refractivity contribution in [1.82, 2.24) is 30.7 Å². The maximum absolute atomic E-state index is 12.9. The molecule has 2 aromatic heterocycles. The van der Waals surface area contributed by atoms with Crippen LogP contribution in [0.15, 0.2) is 69.2 Å². The molecule has 4 aromatic rings. The van der Waals surface area contributed by atoms with E-state index in [1.807, 2.05) is 61.5 Å². The maximum Gasteiger partial charge on any atom is 0.293 e. The summed E-state index contributed by atoms with van der Waals surface area (Å²) in [5.41, 5.74) is 9.58. The molecule has 0 spiro atoms. The molecule has 2 heterocycles. The Morgan fingerprint density at radius 3 is 2.76 bits per heavy atom. The summed E-state index contributed by atoms with van der Waals surface area (Å²) >= 11 is 1.50. The number of carbonyl (C=O) groups is 1. The van der Waals surface area contributed by atoms with E-state index < -0.39 is 5.91 Å². The van der Waals surface area contributed by atoms with Crippen LogP contribution in [0.3, 0.4) is 0 Å². The summed E-state index contributed by atoms with van der Waals surface area (Å²) in [6, 6.07) is 17.1. The second-order valence-electron chi connectivity index (χ2n) is 6.54. The third kappa shape index (κ3) is 5.18. The Kier molecular flexibility index (Phi) is 6.95. The van der Waals surface area contributed by atoms with Crippen LogP contribution < -0.4 is 15.9 Å². The number of benzene rings is 2. The van der Waals surface area contributed by atoms with Gasteiger partial charge in [0.25, 0.3) is 5.91 Å². The van der Waals surface area contributed by atoms with E-state index in [1.54, 1.807) is 0 Å². The molecule has 168 valence electrons. The molecule has 3 N–H and O–H groups in total. The molecule has 0 saturated carbocycles. The van der Waals surface area contributed by atoms with Crippen LogP contribution in [0.4, 0.5) is 5.82 Å². The smallest absolute Gasteiger partial charge is 0.293 e. The van der Waals surface area contributed by atoms with Crippen LogP contribution in [0.5, 0.6) is 5.75 Å². The second kappa shape index (κ2) is 10.4. The number of carbonyl (C=O) groups excluding carboxylic acids is 1. The second-order valence-corrected chi connectivity index (χ2v) is 7.59. The Balaban J connectivity index is 1.57. The zero-order valence-electron chi connectivity index (χ0n) is 17.6. The largest absolute Gasteiger partial charge is 0.493 e. The Bertz CT molecular complexity index is 1260. The monoisotopic (exact) mass is 464 g/mol. The topological polar surface area (TPSA) is 146 Å². The number of ether oxygens (including phenoxy) is 1. The number of nitrogen functional groups attached to an aromatic ring is 1. The lowest BCUT2D eigenvalue weighted by Crippen LogP contribution is -2.20. The van der Waals surface area contributed by atoms with Crippen molar-refractivity contribution in [1.29, 1.82) is 0 Å². The van der Waals surface area contributed by atoms with Crippen LogP contribution in [0, 0.1) is 0 Å². The lowest BCUT2D eigenvalue weighted by molar-refractivity contribution is 0.0949. The van der Waals surface area contributed by atoms with Gasteiger partial charge in [0, 0.05) is 16.2 Å². The van der Waals surface area contributed by atoms with Crippen LogP contribution in [0.2, 0.25) is 0 Å². The fourth-order valence-electron chi connectivity index (χ4n) is 2.87. The molecule has 4 rings (SSSR count). The van der Waals surface area contributed by atoms with Gasteiger partial charge in [0.2, 0.25) is 11.6 Å². The van der Waals surface area contributed by atoms with Gasteiger partial charge >= 0.3 is 0 Å². The van der Waals surface area contributed by atoms with Crippen LogP contribution in [-0.2, 0) is 5.75 Å². The number of nitrogens with one attached hydrogen (secondary N) is 1. The maximum atomic E-state index is 12.9. The predicted molar refractivity (Wildman–Crippen MR) is 122 cm³/mol. The van der Waals surface area contributed by atoms with Crippen molar-refractivity contribution in [3.8, 4) is 11.6 Å². The fraction of sp³-hybridized carbons (Fsp3) is 0.143. The van der Waals surface area contributed by atoms with E-state index in [-0.39, 0.29) is 17.3 Å². The summed E-state index contributed by atoms with van der Waals surface area (Å²) < 4.78 is 11.6. The van der Waals surface area contributed by atoms with Gasteiger partial charge in [-0.05, 0) is 41.5 Å². The van der Waals surface area contributed by atoms with Gasteiger partial charge in [0.05, 0.1) is 18.5 Å². The Hall–Kier alpha value is -4.19. The highest BCUT2D eigenvalue weighted by Gasteiger charge is 2.24. The molecule has 2 aromatic carbocycles. The molecule has 12 heteroatoms. The zero-order valence-corrected chi connectivity index (χ0v) is 18.4. The van der Waals surface area contributed by atoms with Crippen molar-refractivity contribution in [2.24, 2.45) is 5.10 Å². The standard InChI is InChI=1S/C21H20N8O3S/c1-2-31-17-11-7-6-8-14(17)12-23-25-21(30)18-16(13-33-15-9-4-3-5-10-15)29(28-24-18)20-19(22)26-32-27-20/h3-12H,2,13H2,1H3,(H2,22,26)(H,25,30)/b23-12+. The quantitative estimate of drug-likeness (QED) is 0.217. The van der Waals surface area contributed by atoms with Gasteiger partial charge in [-0.15, -0.1) is 16.9 Å². The average molecular weight is 465 g/mol. The van der Waals surface area contributed by atoms with Crippen LogP contribution in [0.1, 0.15) is 28.7 Å². The normalized spacial score (nSPS) is 11.1.